The molecule has 3 heteroatoms. The first kappa shape index (κ1) is 12.0. The fourth-order valence-corrected chi connectivity index (χ4v) is 1.25. The van der Waals surface area contributed by atoms with Crippen LogP contribution >= 0.6 is 0 Å². The smallest absolute Gasteiger partial charge is 0.166 e. The van der Waals surface area contributed by atoms with Crippen LogP contribution in [0.3, 0.4) is 0 Å². The van der Waals surface area contributed by atoms with Crippen molar-refractivity contribution in [3.05, 3.63) is 23.7 Å². The topological polar surface area (TPSA) is 39.4 Å². The van der Waals surface area contributed by atoms with Gasteiger partial charge >= 0.3 is 0 Å². The van der Waals surface area contributed by atoms with Crippen LogP contribution in [-0.4, -0.2) is 18.5 Å². The second-order valence-corrected chi connectivity index (χ2v) is 4.33. The van der Waals surface area contributed by atoms with Gasteiger partial charge in [0.05, 0.1) is 11.2 Å². The quantitative estimate of drug-likeness (QED) is 0.701. The number of Topliss-reactive ketones (excluding diaryl/α,β-unsaturated/α-hetero) is 1. The number of furan rings is 1. The standard InChI is InChI=1S/C12H18O3/c1-9-7-10(8-15-9)11(13)5-6-12(2,3)14-4/h7-8H,5-6H2,1-4H3. The molecule has 84 valence electrons. The lowest BCUT2D eigenvalue weighted by molar-refractivity contribution is 0.0141. The highest BCUT2D eigenvalue weighted by atomic mass is 16.5. The summed E-state index contributed by atoms with van der Waals surface area (Å²) < 4.78 is 10.3. The minimum Gasteiger partial charge on any atom is -0.469 e. The molecule has 1 heterocycles. The Morgan fingerprint density at radius 2 is 2.20 bits per heavy atom. The van der Waals surface area contributed by atoms with Crippen LogP contribution in [-0.2, 0) is 4.74 Å². The fraction of sp³-hybridized carbons (Fsp3) is 0.583. The van der Waals surface area contributed by atoms with Gasteiger partial charge in [-0.3, -0.25) is 4.79 Å². The van der Waals surface area contributed by atoms with Gasteiger partial charge in [0.2, 0.25) is 0 Å². The summed E-state index contributed by atoms with van der Waals surface area (Å²) in [4.78, 5) is 11.7. The zero-order valence-corrected chi connectivity index (χ0v) is 9.79. The minimum absolute atomic E-state index is 0.108. The number of methoxy groups -OCH3 is 1. The van der Waals surface area contributed by atoms with E-state index >= 15 is 0 Å². The van der Waals surface area contributed by atoms with Crippen molar-refractivity contribution in [1.82, 2.24) is 0 Å². The lowest BCUT2D eigenvalue weighted by Crippen LogP contribution is -2.23. The molecule has 1 aromatic heterocycles. The minimum atomic E-state index is -0.242. The molecule has 0 bridgehead atoms. The summed E-state index contributed by atoms with van der Waals surface area (Å²) >= 11 is 0. The molecule has 0 saturated heterocycles. The van der Waals surface area contributed by atoms with Gasteiger partial charge in [-0.25, -0.2) is 0 Å². The molecule has 0 spiro atoms. The third kappa shape index (κ3) is 3.51. The van der Waals surface area contributed by atoms with Crippen LogP contribution in [0.2, 0.25) is 0 Å². The maximum absolute atomic E-state index is 11.7. The molecule has 0 fully saturated rings. The molecule has 15 heavy (non-hydrogen) atoms. The Morgan fingerprint density at radius 3 is 2.67 bits per heavy atom. The molecule has 0 atom stereocenters. The van der Waals surface area contributed by atoms with E-state index in [-0.39, 0.29) is 11.4 Å². The Labute approximate surface area is 90.4 Å². The molecular weight excluding hydrogens is 192 g/mol. The van der Waals surface area contributed by atoms with Gasteiger partial charge in [-0.15, -0.1) is 0 Å². The van der Waals surface area contributed by atoms with Crippen molar-refractivity contribution < 1.29 is 13.9 Å². The van der Waals surface area contributed by atoms with Gasteiger partial charge in [0.25, 0.3) is 0 Å². The van der Waals surface area contributed by atoms with Crippen molar-refractivity contribution in [2.24, 2.45) is 0 Å². The largest absolute Gasteiger partial charge is 0.469 e. The molecule has 0 N–H and O–H groups in total. The summed E-state index contributed by atoms with van der Waals surface area (Å²) in [5.74, 6) is 0.876. The second kappa shape index (κ2) is 4.62. The van der Waals surface area contributed by atoms with Gasteiger partial charge < -0.3 is 9.15 Å². The van der Waals surface area contributed by atoms with Gasteiger partial charge in [0.1, 0.15) is 12.0 Å². The van der Waals surface area contributed by atoms with Crippen LogP contribution in [0.5, 0.6) is 0 Å². The summed E-state index contributed by atoms with van der Waals surface area (Å²) in [6, 6.07) is 1.77. The molecule has 0 aliphatic heterocycles. The van der Waals surface area contributed by atoms with Crippen molar-refractivity contribution in [3.8, 4) is 0 Å². The average Bonchev–Trinajstić information content (AvgIpc) is 2.61. The molecule has 1 rings (SSSR count). The first-order valence-electron chi connectivity index (χ1n) is 5.08. The summed E-state index contributed by atoms with van der Waals surface area (Å²) in [5.41, 5.74) is 0.411. The maximum Gasteiger partial charge on any atom is 0.166 e. The number of ether oxygens (including phenoxy) is 1. The van der Waals surface area contributed by atoms with Gasteiger partial charge in [0.15, 0.2) is 5.78 Å². The Hall–Kier alpha value is -1.09. The van der Waals surface area contributed by atoms with Crippen LogP contribution in [0.4, 0.5) is 0 Å². The molecule has 0 amide bonds. The van der Waals surface area contributed by atoms with E-state index in [1.54, 1.807) is 13.2 Å². The van der Waals surface area contributed by atoms with Crippen LogP contribution in [0, 0.1) is 6.92 Å². The predicted octanol–water partition coefficient (Wildman–Crippen LogP) is 2.98. The summed E-state index contributed by atoms with van der Waals surface area (Å²) in [5, 5.41) is 0. The van der Waals surface area contributed by atoms with E-state index < -0.39 is 0 Å². The van der Waals surface area contributed by atoms with Crippen LogP contribution in [0.15, 0.2) is 16.7 Å². The highest BCUT2D eigenvalue weighted by molar-refractivity contribution is 5.95. The number of hydrogen-bond acceptors (Lipinski definition) is 3. The third-order valence-electron chi connectivity index (χ3n) is 2.56. The molecule has 0 saturated carbocycles. The highest BCUT2D eigenvalue weighted by Gasteiger charge is 2.19. The van der Waals surface area contributed by atoms with Gasteiger partial charge in [0, 0.05) is 13.5 Å². The average molecular weight is 210 g/mol. The van der Waals surface area contributed by atoms with E-state index in [0.717, 1.165) is 5.76 Å². The maximum atomic E-state index is 11.7. The molecule has 0 aromatic carbocycles. The predicted molar refractivity (Wildman–Crippen MR) is 58.1 cm³/mol. The van der Waals surface area contributed by atoms with Crippen molar-refractivity contribution in [1.29, 1.82) is 0 Å². The van der Waals surface area contributed by atoms with E-state index in [1.165, 1.54) is 6.26 Å². The first-order chi connectivity index (χ1) is 6.94. The molecule has 0 radical (unpaired) electrons. The number of carbonyl (C=O) groups excluding carboxylic acids is 1. The van der Waals surface area contributed by atoms with Crippen LogP contribution in [0.25, 0.3) is 0 Å². The second-order valence-electron chi connectivity index (χ2n) is 4.33. The van der Waals surface area contributed by atoms with Crippen LogP contribution < -0.4 is 0 Å². The monoisotopic (exact) mass is 210 g/mol. The number of ketones is 1. The van der Waals surface area contributed by atoms with Gasteiger partial charge in [-0.05, 0) is 33.3 Å². The summed E-state index contributed by atoms with van der Waals surface area (Å²) in [6.07, 6.45) is 2.71. The van der Waals surface area contributed by atoms with E-state index in [4.69, 9.17) is 9.15 Å². The number of hydrogen-bond donors (Lipinski definition) is 0. The third-order valence-corrected chi connectivity index (χ3v) is 2.56. The van der Waals surface area contributed by atoms with E-state index in [9.17, 15) is 4.79 Å². The van der Waals surface area contributed by atoms with Gasteiger partial charge in [-0.2, -0.15) is 0 Å². The molecule has 0 aliphatic carbocycles. The highest BCUT2D eigenvalue weighted by Crippen LogP contribution is 2.18. The Kier molecular flexibility index (Phi) is 3.69. The van der Waals surface area contributed by atoms with E-state index in [2.05, 4.69) is 0 Å². The number of aryl methyl sites for hydroxylation is 1. The van der Waals surface area contributed by atoms with Crippen LogP contribution in [0.1, 0.15) is 42.8 Å². The van der Waals surface area contributed by atoms with Crippen molar-refractivity contribution in [3.63, 3.8) is 0 Å². The molecule has 3 nitrogen and oxygen atoms in total. The normalized spacial score (nSPS) is 11.7. The van der Waals surface area contributed by atoms with E-state index in [1.807, 2.05) is 20.8 Å². The Bertz CT molecular complexity index is 336. The lowest BCUT2D eigenvalue weighted by Gasteiger charge is -2.21. The molecular formula is C12H18O3. The Balaban J connectivity index is 2.50. The van der Waals surface area contributed by atoms with Crippen molar-refractivity contribution >= 4 is 5.78 Å². The van der Waals surface area contributed by atoms with Crippen molar-refractivity contribution in [2.45, 2.75) is 39.2 Å². The first-order valence-corrected chi connectivity index (χ1v) is 5.08. The molecule has 0 aliphatic rings. The number of rotatable bonds is 5. The lowest BCUT2D eigenvalue weighted by atomic mass is 9.99. The summed E-state index contributed by atoms with van der Waals surface area (Å²) in [6.45, 7) is 5.78. The van der Waals surface area contributed by atoms with Crippen molar-refractivity contribution in [2.75, 3.05) is 7.11 Å². The Morgan fingerprint density at radius 1 is 1.53 bits per heavy atom. The molecule has 0 unspecified atom stereocenters. The zero-order valence-electron chi connectivity index (χ0n) is 9.79. The fourth-order valence-electron chi connectivity index (χ4n) is 1.25. The van der Waals surface area contributed by atoms with Gasteiger partial charge in [-0.1, -0.05) is 0 Å². The molecule has 1 aromatic rings. The number of carbonyl (C=O) groups is 1. The zero-order chi connectivity index (χ0) is 11.5. The summed E-state index contributed by atoms with van der Waals surface area (Å²) in [7, 11) is 1.66. The van der Waals surface area contributed by atoms with E-state index in [0.29, 0.717) is 18.4 Å². The SMILES string of the molecule is COC(C)(C)CCC(=O)c1coc(C)c1.